The van der Waals surface area contributed by atoms with Crippen molar-refractivity contribution in [1.82, 2.24) is 14.9 Å². The van der Waals surface area contributed by atoms with Gasteiger partial charge in [0.2, 0.25) is 5.88 Å². The molecule has 0 unspecified atom stereocenters. The van der Waals surface area contributed by atoms with E-state index in [1.165, 1.54) is 25.9 Å². The average Bonchev–Trinajstić information content (AvgIpc) is 2.32. The number of rotatable bonds is 3. The van der Waals surface area contributed by atoms with Crippen LogP contribution in [0.1, 0.15) is 25.5 Å². The van der Waals surface area contributed by atoms with Crippen LogP contribution < -0.4 is 4.74 Å². The molecule has 0 aliphatic carbocycles. The second-order valence-corrected chi connectivity index (χ2v) is 4.51. The molecule has 4 heteroatoms. The van der Waals surface area contributed by atoms with Crippen LogP contribution in [-0.2, 0) is 6.54 Å². The Balaban J connectivity index is 1.93. The topological polar surface area (TPSA) is 38.2 Å². The molecule has 0 aromatic carbocycles. The highest BCUT2D eigenvalue weighted by Crippen LogP contribution is 2.17. The van der Waals surface area contributed by atoms with Gasteiger partial charge in [-0.25, -0.2) is 4.98 Å². The maximum atomic E-state index is 5.07. The van der Waals surface area contributed by atoms with Gasteiger partial charge >= 0.3 is 0 Å². The molecule has 1 aliphatic rings. The highest BCUT2D eigenvalue weighted by atomic mass is 16.5. The molecular formula is C12H19N3O. The van der Waals surface area contributed by atoms with Gasteiger partial charge in [0.25, 0.3) is 0 Å². The van der Waals surface area contributed by atoms with Crippen LogP contribution in [0.15, 0.2) is 12.4 Å². The van der Waals surface area contributed by atoms with Crippen molar-refractivity contribution in [3.05, 3.63) is 18.1 Å². The Morgan fingerprint density at radius 2 is 2.12 bits per heavy atom. The van der Waals surface area contributed by atoms with Gasteiger partial charge in [0.15, 0.2) is 0 Å². The van der Waals surface area contributed by atoms with Crippen LogP contribution in [-0.4, -0.2) is 35.1 Å². The summed E-state index contributed by atoms with van der Waals surface area (Å²) in [6.45, 7) is 5.54. The Morgan fingerprint density at radius 1 is 1.38 bits per heavy atom. The summed E-state index contributed by atoms with van der Waals surface area (Å²) < 4.78 is 5.07. The van der Waals surface area contributed by atoms with Gasteiger partial charge in [-0.05, 0) is 31.8 Å². The van der Waals surface area contributed by atoms with Crippen LogP contribution in [0.5, 0.6) is 5.88 Å². The number of likely N-dealkylation sites (tertiary alicyclic amines) is 1. The van der Waals surface area contributed by atoms with Crippen LogP contribution in [0, 0.1) is 5.92 Å². The first kappa shape index (κ1) is 11.3. The molecule has 2 rings (SSSR count). The van der Waals surface area contributed by atoms with E-state index in [9.17, 15) is 0 Å². The number of methoxy groups -OCH3 is 1. The lowest BCUT2D eigenvalue weighted by atomic mass is 9.99. The van der Waals surface area contributed by atoms with Crippen molar-refractivity contribution in [1.29, 1.82) is 0 Å². The molecule has 2 heterocycles. The van der Waals surface area contributed by atoms with E-state index in [0.29, 0.717) is 5.88 Å². The van der Waals surface area contributed by atoms with Crippen molar-refractivity contribution in [2.45, 2.75) is 26.3 Å². The van der Waals surface area contributed by atoms with E-state index >= 15 is 0 Å². The van der Waals surface area contributed by atoms with Crippen LogP contribution in [0.25, 0.3) is 0 Å². The highest BCUT2D eigenvalue weighted by molar-refractivity contribution is 5.08. The molecule has 1 aromatic rings. The molecule has 0 amide bonds. The van der Waals surface area contributed by atoms with Gasteiger partial charge in [-0.1, -0.05) is 6.92 Å². The number of hydrogen-bond acceptors (Lipinski definition) is 4. The molecule has 0 saturated carbocycles. The van der Waals surface area contributed by atoms with Crippen LogP contribution >= 0.6 is 0 Å². The minimum absolute atomic E-state index is 0.600. The molecule has 88 valence electrons. The summed E-state index contributed by atoms with van der Waals surface area (Å²) in [5, 5.41) is 0. The molecule has 16 heavy (non-hydrogen) atoms. The van der Waals surface area contributed by atoms with E-state index in [2.05, 4.69) is 21.8 Å². The van der Waals surface area contributed by atoms with Crippen molar-refractivity contribution in [2.75, 3.05) is 20.2 Å². The minimum Gasteiger partial charge on any atom is -0.480 e. The first-order valence-corrected chi connectivity index (χ1v) is 5.85. The summed E-state index contributed by atoms with van der Waals surface area (Å²) in [6.07, 6.45) is 6.04. The van der Waals surface area contributed by atoms with E-state index in [0.717, 1.165) is 18.2 Å². The first-order chi connectivity index (χ1) is 7.78. The van der Waals surface area contributed by atoms with Crippen molar-refractivity contribution in [3.63, 3.8) is 0 Å². The number of nitrogens with zero attached hydrogens (tertiary/aromatic N) is 3. The van der Waals surface area contributed by atoms with E-state index in [-0.39, 0.29) is 0 Å². The fourth-order valence-electron chi connectivity index (χ4n) is 2.01. The normalized spacial score (nSPS) is 18.6. The molecule has 0 spiro atoms. The maximum absolute atomic E-state index is 5.07. The lowest BCUT2D eigenvalue weighted by Crippen LogP contribution is -2.32. The fraction of sp³-hybridized carbons (Fsp3) is 0.667. The molecule has 0 atom stereocenters. The highest BCUT2D eigenvalue weighted by Gasteiger charge is 2.16. The summed E-state index contributed by atoms with van der Waals surface area (Å²) in [5.74, 6) is 1.47. The standard InChI is InChI=1S/C12H19N3O/c1-10-3-5-15(6-4-10)9-11-7-13-8-12(14-11)16-2/h7-8,10H,3-6,9H2,1-2H3. The molecule has 4 nitrogen and oxygen atoms in total. The molecule has 1 fully saturated rings. The molecule has 0 N–H and O–H groups in total. The first-order valence-electron chi connectivity index (χ1n) is 5.85. The Bertz CT molecular complexity index is 335. The Kier molecular flexibility index (Phi) is 3.72. The number of piperidine rings is 1. The molecule has 0 radical (unpaired) electrons. The van der Waals surface area contributed by atoms with Gasteiger partial charge in [-0.15, -0.1) is 0 Å². The number of aromatic nitrogens is 2. The van der Waals surface area contributed by atoms with Crippen molar-refractivity contribution in [3.8, 4) is 5.88 Å². The van der Waals surface area contributed by atoms with Gasteiger partial charge in [0.05, 0.1) is 19.0 Å². The van der Waals surface area contributed by atoms with Crippen LogP contribution in [0.3, 0.4) is 0 Å². The van der Waals surface area contributed by atoms with Gasteiger partial charge in [0, 0.05) is 12.7 Å². The second kappa shape index (κ2) is 5.25. The van der Waals surface area contributed by atoms with E-state index in [1.807, 2.05) is 6.20 Å². The van der Waals surface area contributed by atoms with E-state index in [4.69, 9.17) is 4.74 Å². The lowest BCUT2D eigenvalue weighted by molar-refractivity contribution is 0.183. The third kappa shape index (κ3) is 2.92. The fourth-order valence-corrected chi connectivity index (χ4v) is 2.01. The number of hydrogen-bond donors (Lipinski definition) is 0. The maximum Gasteiger partial charge on any atom is 0.232 e. The SMILES string of the molecule is COc1cncc(CN2CCC(C)CC2)n1. The Morgan fingerprint density at radius 3 is 2.81 bits per heavy atom. The Labute approximate surface area is 96.7 Å². The van der Waals surface area contributed by atoms with Gasteiger partial charge < -0.3 is 4.74 Å². The van der Waals surface area contributed by atoms with E-state index in [1.54, 1.807) is 13.3 Å². The summed E-state index contributed by atoms with van der Waals surface area (Å²) in [4.78, 5) is 10.9. The zero-order valence-electron chi connectivity index (χ0n) is 10.0. The molecular weight excluding hydrogens is 202 g/mol. The lowest BCUT2D eigenvalue weighted by Gasteiger charge is -2.29. The smallest absolute Gasteiger partial charge is 0.232 e. The van der Waals surface area contributed by atoms with Gasteiger partial charge in [0.1, 0.15) is 0 Å². The minimum atomic E-state index is 0.600. The van der Waals surface area contributed by atoms with Crippen LogP contribution in [0.2, 0.25) is 0 Å². The van der Waals surface area contributed by atoms with E-state index < -0.39 is 0 Å². The summed E-state index contributed by atoms with van der Waals surface area (Å²) in [6, 6.07) is 0. The monoisotopic (exact) mass is 221 g/mol. The summed E-state index contributed by atoms with van der Waals surface area (Å²) >= 11 is 0. The predicted molar refractivity (Wildman–Crippen MR) is 62.3 cm³/mol. The van der Waals surface area contributed by atoms with Crippen molar-refractivity contribution < 1.29 is 4.74 Å². The largest absolute Gasteiger partial charge is 0.480 e. The summed E-state index contributed by atoms with van der Waals surface area (Å²) in [5.41, 5.74) is 0.994. The quantitative estimate of drug-likeness (QED) is 0.779. The zero-order chi connectivity index (χ0) is 11.4. The molecule has 1 aromatic heterocycles. The average molecular weight is 221 g/mol. The number of ether oxygens (including phenoxy) is 1. The molecule has 1 aliphatic heterocycles. The summed E-state index contributed by atoms with van der Waals surface area (Å²) in [7, 11) is 1.62. The third-order valence-electron chi connectivity index (χ3n) is 3.13. The third-order valence-corrected chi connectivity index (χ3v) is 3.13. The van der Waals surface area contributed by atoms with Crippen LogP contribution in [0.4, 0.5) is 0 Å². The predicted octanol–water partition coefficient (Wildman–Crippen LogP) is 1.72. The molecule has 1 saturated heterocycles. The molecule has 0 bridgehead atoms. The van der Waals surface area contributed by atoms with Crippen molar-refractivity contribution in [2.24, 2.45) is 5.92 Å². The zero-order valence-corrected chi connectivity index (χ0v) is 10.0. The van der Waals surface area contributed by atoms with Gasteiger partial charge in [-0.3, -0.25) is 9.88 Å². The Hall–Kier alpha value is -1.16. The second-order valence-electron chi connectivity index (χ2n) is 4.51. The van der Waals surface area contributed by atoms with Gasteiger partial charge in [-0.2, -0.15) is 0 Å². The van der Waals surface area contributed by atoms with Crippen molar-refractivity contribution >= 4 is 0 Å².